The zero-order chi connectivity index (χ0) is 20.5. The molecule has 9 nitrogen and oxygen atoms in total. The van der Waals surface area contributed by atoms with Gasteiger partial charge >= 0.3 is 6.61 Å². The molecule has 3 aromatic heterocycles. The molecule has 3 N–H and O–H groups in total. The second-order valence-electron chi connectivity index (χ2n) is 5.74. The fourth-order valence-corrected chi connectivity index (χ4v) is 2.86. The molecule has 0 saturated heterocycles. The van der Waals surface area contributed by atoms with Gasteiger partial charge in [-0.05, 0) is 12.1 Å². The summed E-state index contributed by atoms with van der Waals surface area (Å²) in [5.74, 6) is -1.32. The van der Waals surface area contributed by atoms with Crippen molar-refractivity contribution >= 4 is 28.8 Å². The van der Waals surface area contributed by atoms with Crippen LogP contribution in [0.4, 0.5) is 14.5 Å². The number of fused-ring (bicyclic) bond motifs is 1. The highest BCUT2D eigenvalue weighted by Gasteiger charge is 2.21. The minimum atomic E-state index is -3.14. The van der Waals surface area contributed by atoms with Crippen molar-refractivity contribution in [2.45, 2.75) is 6.61 Å². The monoisotopic (exact) mass is 420 g/mol. The third-order valence-corrected chi connectivity index (χ3v) is 4.25. The van der Waals surface area contributed by atoms with Crippen LogP contribution in [0.3, 0.4) is 0 Å². The Kier molecular flexibility index (Phi) is 4.72. The second kappa shape index (κ2) is 7.36. The van der Waals surface area contributed by atoms with Gasteiger partial charge in [-0.25, -0.2) is 9.50 Å². The lowest BCUT2D eigenvalue weighted by Crippen LogP contribution is -2.12. The number of alkyl halides is 2. The van der Waals surface area contributed by atoms with Crippen molar-refractivity contribution in [2.75, 3.05) is 5.32 Å². The van der Waals surface area contributed by atoms with E-state index in [1.165, 1.54) is 29.2 Å². The first-order valence-corrected chi connectivity index (χ1v) is 8.42. The number of anilines is 1. The molecule has 29 heavy (non-hydrogen) atoms. The van der Waals surface area contributed by atoms with Gasteiger partial charge in [-0.1, -0.05) is 11.6 Å². The Balaban J connectivity index is 1.71. The van der Waals surface area contributed by atoms with Crippen LogP contribution in [0.25, 0.3) is 16.9 Å². The van der Waals surface area contributed by atoms with Gasteiger partial charge in [0.15, 0.2) is 5.65 Å². The number of aromatic amines is 1. The first-order chi connectivity index (χ1) is 13.9. The summed E-state index contributed by atoms with van der Waals surface area (Å²) in [6.45, 7) is -3.14. The minimum absolute atomic E-state index is 0.0684. The van der Waals surface area contributed by atoms with Crippen LogP contribution in [-0.4, -0.2) is 42.4 Å². The van der Waals surface area contributed by atoms with Crippen molar-refractivity contribution in [2.24, 2.45) is 0 Å². The Hall–Kier alpha value is -3.73. The van der Waals surface area contributed by atoms with Crippen molar-refractivity contribution in [3.63, 3.8) is 0 Å². The number of nitrogens with one attached hydrogen (secondary N) is 2. The van der Waals surface area contributed by atoms with Crippen LogP contribution in [0.2, 0.25) is 5.02 Å². The number of ether oxygens (including phenoxy) is 1. The highest BCUT2D eigenvalue weighted by molar-refractivity contribution is 6.32. The number of phenols is 1. The summed E-state index contributed by atoms with van der Waals surface area (Å²) >= 11 is 5.91. The average molecular weight is 421 g/mol. The second-order valence-corrected chi connectivity index (χ2v) is 6.14. The SMILES string of the molecule is O=C(Nc1cn[nH]c1-c1cc(Cl)c(O)cc1OC(F)F)c1cnn2cccnc12. The first kappa shape index (κ1) is 18.6. The molecule has 1 amide bonds. The van der Waals surface area contributed by atoms with Gasteiger partial charge < -0.3 is 15.2 Å². The molecule has 12 heteroatoms. The zero-order valence-electron chi connectivity index (χ0n) is 14.3. The van der Waals surface area contributed by atoms with Crippen LogP contribution in [-0.2, 0) is 0 Å². The van der Waals surface area contributed by atoms with Crippen molar-refractivity contribution in [3.8, 4) is 22.8 Å². The van der Waals surface area contributed by atoms with Crippen LogP contribution in [0.1, 0.15) is 10.4 Å². The number of carbonyl (C=O) groups excluding carboxylic acids is 1. The fourth-order valence-electron chi connectivity index (χ4n) is 2.69. The smallest absolute Gasteiger partial charge is 0.387 e. The zero-order valence-corrected chi connectivity index (χ0v) is 15.1. The van der Waals surface area contributed by atoms with Gasteiger partial charge in [0.05, 0.1) is 28.8 Å². The van der Waals surface area contributed by atoms with E-state index in [0.717, 1.165) is 6.07 Å². The number of phenolic OH excluding ortho intramolecular Hbond substituents is 1. The lowest BCUT2D eigenvalue weighted by Gasteiger charge is -2.13. The fraction of sp³-hybridized carbons (Fsp3) is 0.0588. The van der Waals surface area contributed by atoms with E-state index in [4.69, 9.17) is 11.6 Å². The predicted octanol–water partition coefficient (Wildman–Crippen LogP) is 3.33. The number of hydrogen-bond acceptors (Lipinski definition) is 6. The van der Waals surface area contributed by atoms with Gasteiger partial charge in [0.1, 0.15) is 17.1 Å². The summed E-state index contributed by atoms with van der Waals surface area (Å²) in [7, 11) is 0. The number of benzene rings is 1. The summed E-state index contributed by atoms with van der Waals surface area (Å²) in [5.41, 5.74) is 0.931. The lowest BCUT2D eigenvalue weighted by molar-refractivity contribution is -0.0495. The number of carbonyl (C=O) groups is 1. The molecule has 4 rings (SSSR count). The quantitative estimate of drug-likeness (QED) is 0.456. The number of aromatic nitrogens is 5. The van der Waals surface area contributed by atoms with E-state index in [-0.39, 0.29) is 33.3 Å². The van der Waals surface area contributed by atoms with Crippen molar-refractivity contribution in [3.05, 3.63) is 53.6 Å². The van der Waals surface area contributed by atoms with Crippen LogP contribution < -0.4 is 10.1 Å². The largest absolute Gasteiger partial charge is 0.506 e. The molecule has 1 aromatic carbocycles. The summed E-state index contributed by atoms with van der Waals surface area (Å²) in [4.78, 5) is 16.8. The third-order valence-electron chi connectivity index (χ3n) is 3.95. The van der Waals surface area contributed by atoms with Gasteiger partial charge in [0.25, 0.3) is 5.91 Å². The first-order valence-electron chi connectivity index (χ1n) is 8.05. The minimum Gasteiger partial charge on any atom is -0.506 e. The van der Waals surface area contributed by atoms with E-state index < -0.39 is 18.3 Å². The molecule has 0 atom stereocenters. The molecule has 0 saturated carbocycles. The average Bonchev–Trinajstić information content (AvgIpc) is 3.31. The molecule has 4 aromatic rings. The Morgan fingerprint density at radius 2 is 2.17 bits per heavy atom. The van der Waals surface area contributed by atoms with Gasteiger partial charge in [-0.15, -0.1) is 0 Å². The molecule has 0 spiro atoms. The highest BCUT2D eigenvalue weighted by Crippen LogP contribution is 2.40. The van der Waals surface area contributed by atoms with Crippen molar-refractivity contribution in [1.29, 1.82) is 0 Å². The summed E-state index contributed by atoms with van der Waals surface area (Å²) < 4.78 is 31.4. The molecular formula is C17H11ClF2N6O3. The summed E-state index contributed by atoms with van der Waals surface area (Å²) in [6.07, 6.45) is 5.79. The van der Waals surface area contributed by atoms with Crippen LogP contribution >= 0.6 is 11.6 Å². The maximum Gasteiger partial charge on any atom is 0.387 e. The number of amides is 1. The van der Waals surface area contributed by atoms with E-state index in [1.54, 1.807) is 12.3 Å². The Labute approximate surface area is 165 Å². The van der Waals surface area contributed by atoms with E-state index in [1.807, 2.05) is 0 Å². The number of nitrogens with zero attached hydrogens (tertiary/aromatic N) is 4. The van der Waals surface area contributed by atoms with E-state index in [9.17, 15) is 18.7 Å². The van der Waals surface area contributed by atoms with Gasteiger partial charge in [-0.2, -0.15) is 19.0 Å². The predicted molar refractivity (Wildman–Crippen MR) is 98.3 cm³/mol. The molecule has 0 aliphatic heterocycles. The Morgan fingerprint density at radius 3 is 2.97 bits per heavy atom. The number of H-pyrrole nitrogens is 1. The summed E-state index contributed by atoms with van der Waals surface area (Å²) in [6, 6.07) is 3.83. The number of halogens is 3. The molecule has 0 bridgehead atoms. The Bertz CT molecular complexity index is 1210. The van der Waals surface area contributed by atoms with E-state index in [2.05, 4.69) is 30.3 Å². The van der Waals surface area contributed by atoms with Crippen LogP contribution in [0.5, 0.6) is 11.5 Å². The number of rotatable bonds is 5. The van der Waals surface area contributed by atoms with Crippen molar-refractivity contribution < 1.29 is 23.4 Å². The molecule has 148 valence electrons. The number of aromatic hydroxyl groups is 1. The van der Waals surface area contributed by atoms with E-state index >= 15 is 0 Å². The molecule has 3 heterocycles. The topological polar surface area (TPSA) is 117 Å². The maximum atomic E-state index is 12.8. The van der Waals surface area contributed by atoms with Crippen molar-refractivity contribution in [1.82, 2.24) is 24.8 Å². The van der Waals surface area contributed by atoms with Crippen LogP contribution in [0.15, 0.2) is 43.0 Å². The molecule has 0 aliphatic rings. The maximum absolute atomic E-state index is 12.8. The molecule has 0 radical (unpaired) electrons. The van der Waals surface area contributed by atoms with Gasteiger partial charge in [0.2, 0.25) is 0 Å². The third kappa shape index (κ3) is 3.55. The Morgan fingerprint density at radius 1 is 1.34 bits per heavy atom. The highest BCUT2D eigenvalue weighted by atomic mass is 35.5. The van der Waals surface area contributed by atoms with E-state index in [0.29, 0.717) is 5.65 Å². The van der Waals surface area contributed by atoms with Gasteiger partial charge in [0, 0.05) is 24.0 Å². The lowest BCUT2D eigenvalue weighted by atomic mass is 10.1. The normalized spacial score (nSPS) is 11.2. The molecular weight excluding hydrogens is 410 g/mol. The van der Waals surface area contributed by atoms with Gasteiger partial charge in [-0.3, -0.25) is 9.89 Å². The standard InChI is InChI=1S/C17H11ClF2N6O3/c18-10-4-8(13(5-12(10)27)29-17(19)20)14-11(7-22-25-14)24-16(28)9-6-23-26-3-1-2-21-15(9)26/h1-7,17,27H,(H,22,25)(H,24,28). The summed E-state index contributed by atoms with van der Waals surface area (Å²) in [5, 5.41) is 22.7. The number of hydrogen-bond donors (Lipinski definition) is 3. The molecule has 0 unspecified atom stereocenters. The van der Waals surface area contributed by atoms with Crippen LogP contribution in [0, 0.1) is 0 Å². The molecule has 0 fully saturated rings. The molecule has 0 aliphatic carbocycles.